The lowest BCUT2D eigenvalue weighted by Crippen LogP contribution is -1.98. The number of rotatable bonds is 1. The standard InChI is InChI=1S/C6H4FNO3/c7-5-1-3(6(10)11)4(9)2-8-5/h1-2,9H,(H,10,11). The zero-order chi connectivity index (χ0) is 8.43. The van der Waals surface area contributed by atoms with Crippen molar-refractivity contribution in [3.05, 3.63) is 23.8 Å². The summed E-state index contributed by atoms with van der Waals surface area (Å²) in [6.07, 6.45) is 0.749. The number of carboxylic acids is 1. The summed E-state index contributed by atoms with van der Waals surface area (Å²) in [6.45, 7) is 0. The zero-order valence-corrected chi connectivity index (χ0v) is 5.28. The van der Waals surface area contributed by atoms with Gasteiger partial charge in [-0.1, -0.05) is 0 Å². The highest BCUT2D eigenvalue weighted by Gasteiger charge is 2.10. The lowest BCUT2D eigenvalue weighted by Gasteiger charge is -1.96. The number of pyridine rings is 1. The molecule has 0 fully saturated rings. The quantitative estimate of drug-likeness (QED) is 0.586. The predicted molar refractivity (Wildman–Crippen MR) is 32.8 cm³/mol. The molecule has 5 heteroatoms. The van der Waals surface area contributed by atoms with Gasteiger partial charge >= 0.3 is 5.97 Å². The van der Waals surface area contributed by atoms with Crippen molar-refractivity contribution in [2.24, 2.45) is 0 Å². The molecule has 0 aliphatic carbocycles. The van der Waals surface area contributed by atoms with Crippen molar-refractivity contribution in [2.45, 2.75) is 0 Å². The molecule has 0 aromatic carbocycles. The number of hydrogen-bond acceptors (Lipinski definition) is 3. The minimum absolute atomic E-state index is 0.488. The van der Waals surface area contributed by atoms with Crippen LogP contribution in [-0.2, 0) is 0 Å². The van der Waals surface area contributed by atoms with Crippen molar-refractivity contribution in [1.82, 2.24) is 4.98 Å². The molecule has 0 unspecified atom stereocenters. The molecule has 0 amide bonds. The third kappa shape index (κ3) is 1.43. The van der Waals surface area contributed by atoms with E-state index in [0.717, 1.165) is 6.20 Å². The molecule has 1 heterocycles. The van der Waals surface area contributed by atoms with Crippen LogP contribution in [0.1, 0.15) is 10.4 Å². The molecule has 0 spiro atoms. The van der Waals surface area contributed by atoms with Gasteiger partial charge in [0.1, 0.15) is 11.3 Å². The maximum absolute atomic E-state index is 12.2. The molecule has 1 aromatic rings. The van der Waals surface area contributed by atoms with Crippen molar-refractivity contribution >= 4 is 5.97 Å². The SMILES string of the molecule is O=C(O)c1cc(F)ncc1O. The third-order valence-electron chi connectivity index (χ3n) is 1.08. The van der Waals surface area contributed by atoms with E-state index in [4.69, 9.17) is 10.2 Å². The average Bonchev–Trinajstić information content (AvgIpc) is 1.94. The average molecular weight is 157 g/mol. The highest BCUT2D eigenvalue weighted by molar-refractivity contribution is 5.90. The minimum Gasteiger partial charge on any atom is -0.505 e. The summed E-state index contributed by atoms with van der Waals surface area (Å²) in [7, 11) is 0. The lowest BCUT2D eigenvalue weighted by atomic mass is 10.2. The van der Waals surface area contributed by atoms with Gasteiger partial charge < -0.3 is 10.2 Å². The third-order valence-corrected chi connectivity index (χ3v) is 1.08. The molecule has 0 saturated carbocycles. The first-order chi connectivity index (χ1) is 5.11. The first-order valence-electron chi connectivity index (χ1n) is 2.69. The second kappa shape index (κ2) is 2.53. The molecular weight excluding hydrogens is 153 g/mol. The van der Waals surface area contributed by atoms with Crippen LogP contribution in [0.2, 0.25) is 0 Å². The molecule has 0 aliphatic rings. The molecule has 0 atom stereocenters. The summed E-state index contributed by atoms with van der Waals surface area (Å²) >= 11 is 0. The van der Waals surface area contributed by atoms with Gasteiger partial charge in [-0.25, -0.2) is 9.78 Å². The monoisotopic (exact) mass is 157 g/mol. The number of nitrogens with zero attached hydrogens (tertiary/aromatic N) is 1. The van der Waals surface area contributed by atoms with Crippen LogP contribution >= 0.6 is 0 Å². The van der Waals surface area contributed by atoms with Crippen molar-refractivity contribution in [3.8, 4) is 5.75 Å². The van der Waals surface area contributed by atoms with Crippen LogP contribution in [0.4, 0.5) is 4.39 Å². The highest BCUT2D eigenvalue weighted by Crippen LogP contribution is 2.14. The maximum Gasteiger partial charge on any atom is 0.339 e. The maximum atomic E-state index is 12.2. The van der Waals surface area contributed by atoms with E-state index in [0.29, 0.717) is 6.07 Å². The van der Waals surface area contributed by atoms with Crippen molar-refractivity contribution in [3.63, 3.8) is 0 Å². The molecule has 11 heavy (non-hydrogen) atoms. The second-order valence-electron chi connectivity index (χ2n) is 1.83. The van der Waals surface area contributed by atoms with Gasteiger partial charge in [-0.05, 0) is 0 Å². The molecular formula is C6H4FNO3. The summed E-state index contributed by atoms with van der Waals surface area (Å²) in [5.74, 6) is -2.86. The Morgan fingerprint density at radius 3 is 2.73 bits per heavy atom. The van der Waals surface area contributed by atoms with Crippen LogP contribution in [0.3, 0.4) is 0 Å². The molecule has 0 saturated heterocycles. The van der Waals surface area contributed by atoms with Crippen molar-refractivity contribution < 1.29 is 19.4 Å². The number of aromatic hydroxyl groups is 1. The molecule has 1 aromatic heterocycles. The van der Waals surface area contributed by atoms with E-state index in [9.17, 15) is 9.18 Å². The number of carboxylic acid groups (broad SMARTS) is 1. The Labute approximate surface area is 60.9 Å². The first-order valence-corrected chi connectivity index (χ1v) is 2.69. The molecule has 0 radical (unpaired) electrons. The van der Waals surface area contributed by atoms with Gasteiger partial charge in [-0.2, -0.15) is 4.39 Å². The summed E-state index contributed by atoms with van der Waals surface area (Å²) in [5, 5.41) is 17.1. The number of aromatic carboxylic acids is 1. The van der Waals surface area contributed by atoms with Crippen LogP contribution in [0.5, 0.6) is 5.75 Å². The fraction of sp³-hybridized carbons (Fsp3) is 0. The van der Waals surface area contributed by atoms with Gasteiger partial charge in [0.15, 0.2) is 0 Å². The minimum atomic E-state index is -1.39. The van der Waals surface area contributed by atoms with E-state index >= 15 is 0 Å². The highest BCUT2D eigenvalue weighted by atomic mass is 19.1. The van der Waals surface area contributed by atoms with Gasteiger partial charge in [0.2, 0.25) is 5.95 Å². The number of hydrogen-bond donors (Lipinski definition) is 2. The van der Waals surface area contributed by atoms with E-state index in [1.165, 1.54) is 0 Å². The van der Waals surface area contributed by atoms with Gasteiger partial charge in [0.05, 0.1) is 6.20 Å². The summed E-state index contributed by atoms with van der Waals surface area (Å²) in [5.41, 5.74) is -0.488. The Hall–Kier alpha value is -1.65. The van der Waals surface area contributed by atoms with E-state index in [-0.39, 0.29) is 0 Å². The van der Waals surface area contributed by atoms with Crippen molar-refractivity contribution in [1.29, 1.82) is 0 Å². The normalized spacial score (nSPS) is 9.55. The predicted octanol–water partition coefficient (Wildman–Crippen LogP) is 0.624. The van der Waals surface area contributed by atoms with Crippen molar-refractivity contribution in [2.75, 3.05) is 0 Å². The summed E-state index contributed by atoms with van der Waals surface area (Å²) in [4.78, 5) is 13.3. The molecule has 4 nitrogen and oxygen atoms in total. The Balaban J connectivity index is 3.23. The number of carbonyl (C=O) groups is 1. The van der Waals surface area contributed by atoms with Crippen LogP contribution in [0.25, 0.3) is 0 Å². The number of halogens is 1. The fourth-order valence-electron chi connectivity index (χ4n) is 0.594. The molecule has 0 bridgehead atoms. The van der Waals surface area contributed by atoms with E-state index in [1.807, 2.05) is 0 Å². The molecule has 0 aliphatic heterocycles. The Kier molecular flexibility index (Phi) is 1.72. The van der Waals surface area contributed by atoms with E-state index in [2.05, 4.69) is 4.98 Å². The Morgan fingerprint density at radius 1 is 1.64 bits per heavy atom. The van der Waals surface area contributed by atoms with E-state index in [1.54, 1.807) is 0 Å². The van der Waals surface area contributed by atoms with Crippen LogP contribution < -0.4 is 0 Å². The smallest absolute Gasteiger partial charge is 0.339 e. The summed E-state index contributed by atoms with van der Waals surface area (Å²) < 4.78 is 12.2. The Morgan fingerprint density at radius 2 is 2.27 bits per heavy atom. The van der Waals surface area contributed by atoms with E-state index < -0.39 is 23.2 Å². The molecule has 1 rings (SSSR count). The van der Waals surface area contributed by atoms with Gasteiger partial charge in [-0.3, -0.25) is 0 Å². The van der Waals surface area contributed by atoms with Gasteiger partial charge in [-0.15, -0.1) is 0 Å². The second-order valence-corrected chi connectivity index (χ2v) is 1.83. The van der Waals surface area contributed by atoms with Gasteiger partial charge in [0, 0.05) is 6.07 Å². The topological polar surface area (TPSA) is 70.4 Å². The summed E-state index contributed by atoms with van der Waals surface area (Å²) in [6, 6.07) is 0.650. The first kappa shape index (κ1) is 7.46. The molecule has 2 N–H and O–H groups in total. The van der Waals surface area contributed by atoms with Crippen LogP contribution in [0, 0.1) is 5.95 Å². The van der Waals surface area contributed by atoms with Crippen LogP contribution in [-0.4, -0.2) is 21.2 Å². The van der Waals surface area contributed by atoms with Crippen LogP contribution in [0.15, 0.2) is 12.3 Å². The van der Waals surface area contributed by atoms with Gasteiger partial charge in [0.25, 0.3) is 0 Å². The fourth-order valence-corrected chi connectivity index (χ4v) is 0.594. The lowest BCUT2D eigenvalue weighted by molar-refractivity contribution is 0.0693. The Bertz CT molecular complexity index is 300. The number of aromatic nitrogens is 1. The molecule has 58 valence electrons. The zero-order valence-electron chi connectivity index (χ0n) is 5.28. The largest absolute Gasteiger partial charge is 0.505 e.